The molecule has 2 fully saturated rings. The molecule has 25 heteroatoms. The molecule has 0 atom stereocenters. The summed E-state index contributed by atoms with van der Waals surface area (Å²) in [6.07, 6.45) is 21.5. The molecule has 6 aromatic carbocycles. The van der Waals surface area contributed by atoms with Crippen molar-refractivity contribution in [3.63, 3.8) is 0 Å². The van der Waals surface area contributed by atoms with E-state index in [0.29, 0.717) is 175 Å². The molecule has 7 aromatic rings. The Labute approximate surface area is 684 Å². The van der Waals surface area contributed by atoms with Crippen LogP contribution < -0.4 is 47.6 Å². The first-order valence-electron chi connectivity index (χ1n) is 39.7. The van der Waals surface area contributed by atoms with E-state index >= 15 is 0 Å². The van der Waals surface area contributed by atoms with Crippen molar-refractivity contribution < 1.29 is 99.8 Å². The van der Waals surface area contributed by atoms with Crippen LogP contribution in [0.4, 0.5) is 5.13 Å². The fourth-order valence-electron chi connectivity index (χ4n) is 12.1. The van der Waals surface area contributed by atoms with Gasteiger partial charge in [0.05, 0.1) is 126 Å². The highest BCUT2D eigenvalue weighted by atomic mass is 32.1. The summed E-state index contributed by atoms with van der Waals surface area (Å²) in [5.74, 6) is 3.75. The van der Waals surface area contributed by atoms with Crippen molar-refractivity contribution in [3.8, 4) is 51.7 Å². The number of fused-ring (bicyclic) bond motifs is 1. The number of rotatable bonds is 52. The van der Waals surface area contributed by atoms with Gasteiger partial charge in [-0.2, -0.15) is 5.10 Å². The van der Waals surface area contributed by atoms with Crippen LogP contribution in [0.15, 0.2) is 208 Å². The van der Waals surface area contributed by atoms with Crippen molar-refractivity contribution in [2.24, 2.45) is 28.8 Å². The maximum Gasteiger partial charge on any atom is 0.343 e. The topological polar surface area (TPSA) is 269 Å². The van der Waals surface area contributed by atoms with Crippen LogP contribution in [0, 0.1) is 23.7 Å². The maximum absolute atomic E-state index is 13.2. The summed E-state index contributed by atoms with van der Waals surface area (Å²) in [7, 11) is 1.64. The lowest BCUT2D eigenvalue weighted by molar-refractivity contribution is -0.141. The summed E-state index contributed by atoms with van der Waals surface area (Å²) in [6.45, 7) is 23.7. The maximum atomic E-state index is 13.2. The van der Waals surface area contributed by atoms with Crippen LogP contribution in [0.1, 0.15) is 131 Å². The predicted molar refractivity (Wildman–Crippen MR) is 444 cm³/mol. The number of methoxy groups -OCH3 is 1. The minimum absolute atomic E-state index is 0.210. The lowest BCUT2D eigenvalue weighted by atomic mass is 9.82. The summed E-state index contributed by atoms with van der Waals surface area (Å²) < 4.78 is 85.3. The van der Waals surface area contributed by atoms with Crippen molar-refractivity contribution in [1.82, 2.24) is 4.98 Å². The lowest BCUT2D eigenvalue weighted by Gasteiger charge is -2.28. The number of hydrogen-bond donors (Lipinski definition) is 0. The van der Waals surface area contributed by atoms with E-state index in [-0.39, 0.29) is 54.8 Å². The van der Waals surface area contributed by atoms with Gasteiger partial charge in [0.2, 0.25) is 5.13 Å². The zero-order valence-electron chi connectivity index (χ0n) is 66.5. The van der Waals surface area contributed by atoms with Crippen LogP contribution in [0.2, 0.25) is 0 Å². The van der Waals surface area contributed by atoms with Crippen LogP contribution >= 0.6 is 11.3 Å². The zero-order chi connectivity index (χ0) is 82.2. The van der Waals surface area contributed by atoms with Gasteiger partial charge >= 0.3 is 35.8 Å². The number of esters is 6. The Balaban J connectivity index is 0.000000362. The summed E-state index contributed by atoms with van der Waals surface area (Å²) in [6, 6.07) is 41.5. The Morgan fingerprint density at radius 2 is 0.871 bits per heavy atom. The highest BCUT2D eigenvalue weighted by Gasteiger charge is 2.30. The normalized spacial score (nSPS) is 14.9. The summed E-state index contributed by atoms with van der Waals surface area (Å²) in [4.78, 5) is 77.2. The van der Waals surface area contributed by atoms with E-state index in [9.17, 15) is 28.8 Å². The molecule has 0 bridgehead atoms. The second-order valence-electron chi connectivity index (χ2n) is 27.4. The van der Waals surface area contributed by atoms with Crippen molar-refractivity contribution in [2.45, 2.75) is 116 Å². The molecule has 620 valence electrons. The number of benzene rings is 6. The number of nitrogens with zero attached hydrogens (tertiary/aromatic N) is 3. The monoisotopic (exact) mass is 1610 g/mol. The molecule has 2 aliphatic carbocycles. The van der Waals surface area contributed by atoms with Gasteiger partial charge in [-0.05, 0) is 248 Å². The van der Waals surface area contributed by atoms with E-state index in [4.69, 9.17) is 81.1 Å². The average molecular weight is 1610 g/mol. The Morgan fingerprint density at radius 3 is 1.35 bits per heavy atom. The zero-order valence-corrected chi connectivity index (χ0v) is 67.3. The molecule has 0 amide bonds. The van der Waals surface area contributed by atoms with Crippen LogP contribution in [0.3, 0.4) is 0 Å². The average Bonchev–Trinajstić information content (AvgIpc) is 1.57. The van der Waals surface area contributed by atoms with E-state index in [2.05, 4.69) is 32.9 Å². The fraction of sp³-hybridized carbons (Fsp3) is 0.407. The lowest BCUT2D eigenvalue weighted by Crippen LogP contribution is -2.28. The molecule has 0 unspecified atom stereocenters. The molecular formula is C91H109N3O21S. The van der Waals surface area contributed by atoms with Crippen molar-refractivity contribution in [3.05, 3.63) is 214 Å². The number of carbonyl (C=O) groups is 6. The number of carbonyl (C=O) groups excluding carboxylic acids is 6. The molecule has 24 nitrogen and oxygen atoms in total. The number of hydrogen-bond acceptors (Lipinski definition) is 25. The molecule has 2 aliphatic rings. The van der Waals surface area contributed by atoms with E-state index < -0.39 is 17.9 Å². The molecule has 0 N–H and O–H groups in total. The molecule has 0 aliphatic heterocycles. The quantitative estimate of drug-likeness (QED) is 0.00394. The summed E-state index contributed by atoms with van der Waals surface area (Å²) in [5, 5.41) is 7.54. The van der Waals surface area contributed by atoms with Gasteiger partial charge in [0.1, 0.15) is 57.5 Å². The molecule has 116 heavy (non-hydrogen) atoms. The van der Waals surface area contributed by atoms with Gasteiger partial charge in [-0.3, -0.25) is 9.59 Å². The van der Waals surface area contributed by atoms with Crippen molar-refractivity contribution in [1.29, 1.82) is 0 Å². The van der Waals surface area contributed by atoms with Crippen LogP contribution in [-0.2, 0) is 52.4 Å². The van der Waals surface area contributed by atoms with Gasteiger partial charge in [0.15, 0.2) is 0 Å². The Kier molecular flexibility index (Phi) is 40.7. The molecule has 0 spiro atoms. The third-order valence-electron chi connectivity index (χ3n) is 18.7. The van der Waals surface area contributed by atoms with Gasteiger partial charge in [-0.15, -0.1) is 0 Å². The fourth-order valence-corrected chi connectivity index (χ4v) is 13.1. The highest BCUT2D eigenvalue weighted by molar-refractivity contribution is 7.22. The van der Waals surface area contributed by atoms with E-state index in [1.54, 1.807) is 128 Å². The number of aromatic nitrogens is 1. The number of hydrazone groups is 1. The van der Waals surface area contributed by atoms with E-state index in [0.717, 1.165) is 116 Å². The van der Waals surface area contributed by atoms with Crippen LogP contribution in [-0.4, -0.2) is 147 Å². The molecule has 0 saturated heterocycles. The molecule has 1 heterocycles. The molecule has 1 aromatic heterocycles. The Morgan fingerprint density at radius 1 is 0.440 bits per heavy atom. The van der Waals surface area contributed by atoms with Gasteiger partial charge in [0.25, 0.3) is 0 Å². The second kappa shape index (κ2) is 52.3. The van der Waals surface area contributed by atoms with Gasteiger partial charge < -0.3 is 71.1 Å². The number of allylic oxidation sites excluding steroid dienone is 1. The second-order valence-corrected chi connectivity index (χ2v) is 28.4. The highest BCUT2D eigenvalue weighted by Crippen LogP contribution is 2.36. The van der Waals surface area contributed by atoms with Crippen LogP contribution in [0.25, 0.3) is 10.2 Å². The first-order valence-corrected chi connectivity index (χ1v) is 40.5. The molecule has 0 radical (unpaired) electrons. The number of thiazole rings is 1. The minimum Gasteiger partial charge on any atom is -0.494 e. The minimum atomic E-state index is -0.468. The summed E-state index contributed by atoms with van der Waals surface area (Å²) in [5.41, 5.74) is 2.06. The summed E-state index contributed by atoms with van der Waals surface area (Å²) >= 11 is 1.55. The number of ether oxygens (including phenoxy) is 15. The predicted octanol–water partition coefficient (Wildman–Crippen LogP) is 17.6. The Hall–Kier alpha value is -11.3. The first-order chi connectivity index (χ1) is 56.7. The van der Waals surface area contributed by atoms with E-state index in [1.165, 1.54) is 6.08 Å². The molecule has 9 rings (SSSR count). The van der Waals surface area contributed by atoms with Gasteiger partial charge in [-0.25, -0.2) is 29.2 Å². The van der Waals surface area contributed by atoms with Crippen molar-refractivity contribution >= 4 is 68.7 Å². The largest absolute Gasteiger partial charge is 0.494 e. The molecule has 2 saturated carbocycles. The first kappa shape index (κ1) is 90.3. The molecular weight excluding hydrogens is 1500 g/mol. The Bertz CT molecular complexity index is 4170. The number of unbranched alkanes of at least 4 members (excludes halogenated alkanes) is 6. The number of anilines is 1. The third-order valence-corrected chi connectivity index (χ3v) is 19.8. The van der Waals surface area contributed by atoms with Gasteiger partial charge in [-0.1, -0.05) is 56.4 Å². The number of para-hydroxylation sites is 1. The SMILES string of the molecule is C=CC(=C)OCCCCCCOc1ccc(C(=O)Oc2ccc(OCCCCCCOC(=O)C=C)cc2)cc1.C=CC(=O)OCCCOc1ccc(OC(=O)C2CCC(COc3ccc(OCC4CCC(C(=O)Oc5ccc(OCCCOC(=O)C=C)cc5)CC4)c(/C=N/N(CCOCCOC)c4nc5ccccc5s4)c3)CC2)cc1. The van der Waals surface area contributed by atoms with Crippen molar-refractivity contribution in [2.75, 3.05) is 105 Å². The van der Waals surface area contributed by atoms with E-state index in [1.807, 2.05) is 47.5 Å². The standard InChI is InChI=1S/C59H69N3O14S.C32H40O7/c1-4-55(63)71-33-8-31-69-47-20-24-49(25-21-47)75-57(65)44-16-12-42(13-17-44)40-73-51-28-29-53(46(38-51)39-60-62(30-35-68-37-36-67-3)59-61-52-10-6-7-11-54(52)77-59)74-41-43-14-18-45(19-15-43)58(66)76-50-26-22-48(23-27-50)70-32-9-34-72-56(64)5-2;1-4-26(3)35-22-10-6-7-11-23-36-28-16-14-27(15-17-28)32(34)39-30-20-18-29(19-21-30)37-24-12-8-9-13-25-38-31(33)5-2/h4-7,10-11,20-29,38-39,42-45H,1-2,8-9,12-19,30-37,40-41H2,3H3;4-5,14-21H,1-3,6-13,22-25H2/b60-39+;. The van der Waals surface area contributed by atoms with Gasteiger partial charge in [0, 0.05) is 43.7 Å². The smallest absolute Gasteiger partial charge is 0.343 e. The van der Waals surface area contributed by atoms with Crippen LogP contribution in [0.5, 0.6) is 51.7 Å². The third kappa shape index (κ3) is 34.0.